The fourth-order valence-electron chi connectivity index (χ4n) is 2.19. The number of nitrogens with one attached hydrogen (secondary N) is 1. The standard InChI is InChI=1S/C17H14Cl2N4OS/c1-2-24-13-5-3-4-12(9-13)16-21-22-17(25)23(16)20-10-11-6-7-14(18)15(19)8-11/h3-10H,2H2,1H3,(H,22,25)/b20-10+. The molecule has 0 unspecified atom stereocenters. The normalized spacial score (nSPS) is 11.2. The number of nitrogens with zero attached hydrogens (tertiary/aromatic N) is 3. The molecule has 1 aromatic heterocycles. The molecule has 128 valence electrons. The number of benzene rings is 2. The van der Waals surface area contributed by atoms with Gasteiger partial charge >= 0.3 is 0 Å². The summed E-state index contributed by atoms with van der Waals surface area (Å²) in [7, 11) is 0. The average Bonchev–Trinajstić information content (AvgIpc) is 2.97. The monoisotopic (exact) mass is 392 g/mol. The number of ether oxygens (including phenoxy) is 1. The summed E-state index contributed by atoms with van der Waals surface area (Å²) in [5.74, 6) is 1.34. The fraction of sp³-hybridized carbons (Fsp3) is 0.118. The van der Waals surface area contributed by atoms with Crippen molar-refractivity contribution < 1.29 is 4.74 Å². The zero-order valence-electron chi connectivity index (χ0n) is 13.2. The molecular formula is C17H14Cl2N4OS. The van der Waals surface area contributed by atoms with Crippen molar-refractivity contribution in [1.82, 2.24) is 14.9 Å². The highest BCUT2D eigenvalue weighted by molar-refractivity contribution is 7.71. The molecule has 0 amide bonds. The molecule has 0 fully saturated rings. The lowest BCUT2D eigenvalue weighted by Crippen LogP contribution is -1.96. The summed E-state index contributed by atoms with van der Waals surface area (Å²) in [6.45, 7) is 2.52. The molecular weight excluding hydrogens is 379 g/mol. The molecule has 0 saturated carbocycles. The first kappa shape index (κ1) is 17.7. The van der Waals surface area contributed by atoms with Crippen molar-refractivity contribution in [3.63, 3.8) is 0 Å². The maximum atomic E-state index is 6.03. The van der Waals surface area contributed by atoms with E-state index in [0.717, 1.165) is 16.9 Å². The van der Waals surface area contributed by atoms with Gasteiger partial charge in [-0.05, 0) is 49.0 Å². The van der Waals surface area contributed by atoms with Crippen LogP contribution >= 0.6 is 35.4 Å². The smallest absolute Gasteiger partial charge is 0.216 e. The van der Waals surface area contributed by atoms with Crippen molar-refractivity contribution in [2.24, 2.45) is 5.10 Å². The predicted octanol–water partition coefficient (Wildman–Crippen LogP) is 5.20. The van der Waals surface area contributed by atoms with Crippen molar-refractivity contribution in [2.45, 2.75) is 6.92 Å². The summed E-state index contributed by atoms with van der Waals surface area (Å²) < 4.78 is 7.46. The van der Waals surface area contributed by atoms with Gasteiger partial charge in [0, 0.05) is 5.56 Å². The van der Waals surface area contributed by atoms with Crippen molar-refractivity contribution in [3.05, 3.63) is 62.8 Å². The third-order valence-corrected chi connectivity index (χ3v) is 4.32. The van der Waals surface area contributed by atoms with Gasteiger partial charge in [-0.25, -0.2) is 5.10 Å². The molecule has 0 aliphatic rings. The summed E-state index contributed by atoms with van der Waals surface area (Å²) in [6.07, 6.45) is 1.64. The molecule has 0 aliphatic heterocycles. The highest BCUT2D eigenvalue weighted by Crippen LogP contribution is 2.24. The lowest BCUT2D eigenvalue weighted by atomic mass is 10.2. The molecule has 5 nitrogen and oxygen atoms in total. The SMILES string of the molecule is CCOc1cccc(-c2n[nH]c(=S)n2/N=C/c2ccc(Cl)c(Cl)c2)c1. The minimum absolute atomic E-state index is 0.383. The lowest BCUT2D eigenvalue weighted by molar-refractivity contribution is 0.340. The molecule has 0 atom stereocenters. The lowest BCUT2D eigenvalue weighted by Gasteiger charge is -2.05. The molecule has 3 rings (SSSR count). The van der Waals surface area contributed by atoms with Gasteiger partial charge in [0.2, 0.25) is 4.77 Å². The van der Waals surface area contributed by atoms with Gasteiger partial charge in [-0.1, -0.05) is 41.4 Å². The summed E-state index contributed by atoms with van der Waals surface area (Å²) in [4.78, 5) is 0. The molecule has 25 heavy (non-hydrogen) atoms. The highest BCUT2D eigenvalue weighted by atomic mass is 35.5. The molecule has 0 aliphatic carbocycles. The Labute approximate surface area is 159 Å². The van der Waals surface area contributed by atoms with Gasteiger partial charge in [0.05, 0.1) is 22.9 Å². The molecule has 8 heteroatoms. The van der Waals surface area contributed by atoms with Gasteiger partial charge in [0.25, 0.3) is 0 Å². The first-order valence-electron chi connectivity index (χ1n) is 7.48. The van der Waals surface area contributed by atoms with E-state index in [2.05, 4.69) is 15.3 Å². The van der Waals surface area contributed by atoms with E-state index in [1.807, 2.05) is 37.3 Å². The van der Waals surface area contributed by atoms with Gasteiger partial charge in [-0.3, -0.25) is 0 Å². The van der Waals surface area contributed by atoms with Gasteiger partial charge in [-0.2, -0.15) is 14.9 Å². The number of rotatable bonds is 5. The average molecular weight is 393 g/mol. The second kappa shape index (κ2) is 7.82. The Morgan fingerprint density at radius 1 is 1.24 bits per heavy atom. The Hall–Kier alpha value is -2.15. The number of hydrogen-bond acceptors (Lipinski definition) is 4. The predicted molar refractivity (Wildman–Crippen MR) is 103 cm³/mol. The Morgan fingerprint density at radius 2 is 2.08 bits per heavy atom. The molecule has 1 N–H and O–H groups in total. The van der Waals surface area contributed by atoms with Crippen LogP contribution in [-0.2, 0) is 0 Å². The molecule has 0 spiro atoms. The molecule has 1 heterocycles. The van der Waals surface area contributed by atoms with Crippen molar-refractivity contribution >= 4 is 41.6 Å². The Morgan fingerprint density at radius 3 is 2.84 bits per heavy atom. The second-order valence-corrected chi connectivity index (χ2v) is 6.24. The quantitative estimate of drug-likeness (QED) is 0.479. The molecule has 0 radical (unpaired) electrons. The van der Waals surface area contributed by atoms with Crippen LogP contribution in [0.4, 0.5) is 0 Å². The highest BCUT2D eigenvalue weighted by Gasteiger charge is 2.09. The first-order chi connectivity index (χ1) is 12.1. The number of aromatic nitrogens is 3. The number of hydrogen-bond donors (Lipinski definition) is 1. The number of halogens is 2. The summed E-state index contributed by atoms with van der Waals surface area (Å²) in [6, 6.07) is 12.8. The van der Waals surface area contributed by atoms with Crippen LogP contribution in [0.1, 0.15) is 12.5 Å². The van der Waals surface area contributed by atoms with Crippen LogP contribution in [0.5, 0.6) is 5.75 Å². The summed E-state index contributed by atoms with van der Waals surface area (Å²) >= 11 is 17.2. The van der Waals surface area contributed by atoms with Crippen molar-refractivity contribution in [3.8, 4) is 17.1 Å². The molecule has 0 bridgehead atoms. The maximum Gasteiger partial charge on any atom is 0.216 e. The van der Waals surface area contributed by atoms with Gasteiger partial charge in [0.1, 0.15) is 5.75 Å². The maximum absolute atomic E-state index is 6.03. The fourth-order valence-corrected chi connectivity index (χ4v) is 2.68. The van der Waals surface area contributed by atoms with Crippen LogP contribution in [0, 0.1) is 4.77 Å². The van der Waals surface area contributed by atoms with E-state index in [9.17, 15) is 0 Å². The first-order valence-corrected chi connectivity index (χ1v) is 8.65. The van der Waals surface area contributed by atoms with Gasteiger partial charge in [0.15, 0.2) is 5.82 Å². The second-order valence-electron chi connectivity index (χ2n) is 5.04. The van der Waals surface area contributed by atoms with E-state index >= 15 is 0 Å². The number of H-pyrrole nitrogens is 1. The minimum Gasteiger partial charge on any atom is -0.494 e. The largest absolute Gasteiger partial charge is 0.494 e. The Bertz CT molecular complexity index is 981. The van der Waals surface area contributed by atoms with Crippen LogP contribution in [0.3, 0.4) is 0 Å². The molecule has 0 saturated heterocycles. The number of aromatic amines is 1. The zero-order valence-corrected chi connectivity index (χ0v) is 15.6. The third kappa shape index (κ3) is 4.10. The summed E-state index contributed by atoms with van der Waals surface area (Å²) in [5.41, 5.74) is 1.64. The minimum atomic E-state index is 0.383. The van der Waals surface area contributed by atoms with E-state index in [-0.39, 0.29) is 0 Å². The van der Waals surface area contributed by atoms with E-state index in [4.69, 9.17) is 40.2 Å². The molecule has 2 aromatic carbocycles. The zero-order chi connectivity index (χ0) is 17.8. The van der Waals surface area contributed by atoms with Crippen LogP contribution in [0.2, 0.25) is 10.0 Å². The van der Waals surface area contributed by atoms with Gasteiger partial charge in [-0.15, -0.1) is 0 Å². The van der Waals surface area contributed by atoms with Crippen LogP contribution < -0.4 is 4.74 Å². The van der Waals surface area contributed by atoms with Crippen LogP contribution in [-0.4, -0.2) is 27.7 Å². The third-order valence-electron chi connectivity index (χ3n) is 3.32. The summed E-state index contributed by atoms with van der Waals surface area (Å²) in [5, 5.41) is 12.4. The van der Waals surface area contributed by atoms with Crippen molar-refractivity contribution in [2.75, 3.05) is 6.61 Å². The van der Waals surface area contributed by atoms with Gasteiger partial charge < -0.3 is 4.74 Å². The van der Waals surface area contributed by atoms with Crippen LogP contribution in [0.25, 0.3) is 11.4 Å². The molecule has 3 aromatic rings. The van der Waals surface area contributed by atoms with E-state index in [1.165, 1.54) is 0 Å². The Balaban J connectivity index is 1.97. The van der Waals surface area contributed by atoms with E-state index < -0.39 is 0 Å². The van der Waals surface area contributed by atoms with Crippen molar-refractivity contribution in [1.29, 1.82) is 0 Å². The Kier molecular flexibility index (Phi) is 5.53. The topological polar surface area (TPSA) is 55.2 Å². The van der Waals surface area contributed by atoms with Crippen LogP contribution in [0.15, 0.2) is 47.6 Å². The van der Waals surface area contributed by atoms with E-state index in [1.54, 1.807) is 23.0 Å². The van der Waals surface area contributed by atoms with E-state index in [0.29, 0.717) is 27.2 Å².